The summed E-state index contributed by atoms with van der Waals surface area (Å²) in [6.45, 7) is 2.52. The monoisotopic (exact) mass is 543 g/mol. The van der Waals surface area contributed by atoms with Crippen LogP contribution >= 0.6 is 0 Å². The molecule has 2 aromatic carbocycles. The summed E-state index contributed by atoms with van der Waals surface area (Å²) in [6.07, 6.45) is 4.08. The molecular weight excluding hydrogens is 506 g/mol. The van der Waals surface area contributed by atoms with Crippen molar-refractivity contribution in [1.29, 1.82) is 0 Å². The second-order valence-electron chi connectivity index (χ2n) is 9.87. The van der Waals surface area contributed by atoms with Crippen LogP contribution in [0.4, 0.5) is 0 Å². The highest BCUT2D eigenvalue weighted by molar-refractivity contribution is 7.91. The lowest BCUT2D eigenvalue weighted by molar-refractivity contribution is -0.121. The maximum Gasteiger partial charge on any atom is 0.240 e. The molecule has 0 radical (unpaired) electrons. The number of carbonyl (C=O) groups excluding carboxylic acids is 1. The third-order valence-electron chi connectivity index (χ3n) is 6.55. The standard InChI is InChI=1S/C28H37N3O6S/c32-24(20-37-25-8-4-21(5-9-25)14-16-36-19-22-2-3-22)18-29-15-1-17-38(34,35)26-10-6-23(7-11-26)27-12-13-28(33)31-30-27/h4-11,22,24,29,32H,1-3,12-20H2,(H,31,33). The highest BCUT2D eigenvalue weighted by Crippen LogP contribution is 2.28. The molecule has 1 heterocycles. The summed E-state index contributed by atoms with van der Waals surface area (Å²) >= 11 is 0. The first-order chi connectivity index (χ1) is 18.4. The number of ether oxygens (including phenoxy) is 2. The van der Waals surface area contributed by atoms with Crippen LogP contribution in [-0.2, 0) is 25.8 Å². The molecule has 1 fully saturated rings. The quantitative estimate of drug-likeness (QED) is 0.278. The van der Waals surface area contributed by atoms with Gasteiger partial charge in [-0.1, -0.05) is 24.3 Å². The van der Waals surface area contributed by atoms with E-state index >= 15 is 0 Å². The zero-order chi connectivity index (χ0) is 26.8. The van der Waals surface area contributed by atoms with E-state index < -0.39 is 15.9 Å². The van der Waals surface area contributed by atoms with E-state index in [1.54, 1.807) is 24.3 Å². The second kappa shape index (κ2) is 13.8. The van der Waals surface area contributed by atoms with Gasteiger partial charge < -0.3 is 19.9 Å². The second-order valence-corrected chi connectivity index (χ2v) is 12.0. The minimum Gasteiger partial charge on any atom is -0.491 e. The summed E-state index contributed by atoms with van der Waals surface area (Å²) < 4.78 is 36.7. The number of hydrazone groups is 1. The number of hydrogen-bond donors (Lipinski definition) is 3. The van der Waals surface area contributed by atoms with Crippen LogP contribution in [0.3, 0.4) is 0 Å². The summed E-state index contributed by atoms with van der Waals surface area (Å²) in [7, 11) is -3.42. The molecule has 206 valence electrons. The molecule has 1 atom stereocenters. The third-order valence-corrected chi connectivity index (χ3v) is 8.37. The SMILES string of the molecule is O=C1CCC(c2ccc(S(=O)(=O)CCCNCC(O)COc3ccc(CCOCC4CC4)cc3)cc2)=NN1. The van der Waals surface area contributed by atoms with Crippen LogP contribution in [0.25, 0.3) is 0 Å². The average Bonchev–Trinajstić information content (AvgIpc) is 3.75. The molecule has 4 rings (SSSR count). The molecule has 0 aromatic heterocycles. The molecule has 38 heavy (non-hydrogen) atoms. The van der Waals surface area contributed by atoms with Crippen molar-refractivity contribution >= 4 is 21.5 Å². The molecule has 1 unspecified atom stereocenters. The van der Waals surface area contributed by atoms with Crippen molar-refractivity contribution < 1.29 is 27.8 Å². The first-order valence-electron chi connectivity index (χ1n) is 13.3. The van der Waals surface area contributed by atoms with Gasteiger partial charge in [-0.15, -0.1) is 0 Å². The molecule has 0 bridgehead atoms. The van der Waals surface area contributed by atoms with Gasteiger partial charge in [0.2, 0.25) is 5.91 Å². The fourth-order valence-corrected chi connectivity index (χ4v) is 5.35. The predicted octanol–water partition coefficient (Wildman–Crippen LogP) is 2.46. The maximum atomic E-state index is 12.7. The number of sulfone groups is 1. The Labute approximate surface area is 224 Å². The number of carbonyl (C=O) groups is 1. The van der Waals surface area contributed by atoms with Crippen LogP contribution in [0.1, 0.15) is 43.2 Å². The lowest BCUT2D eigenvalue weighted by atomic mass is 10.0. The summed E-state index contributed by atoms with van der Waals surface area (Å²) in [6, 6.07) is 14.4. The fraction of sp³-hybridized carbons (Fsp3) is 0.500. The molecule has 10 heteroatoms. The van der Waals surface area contributed by atoms with Crippen LogP contribution < -0.4 is 15.5 Å². The van der Waals surface area contributed by atoms with E-state index in [2.05, 4.69) is 15.8 Å². The summed E-state index contributed by atoms with van der Waals surface area (Å²) in [5.41, 5.74) is 5.17. The zero-order valence-electron chi connectivity index (χ0n) is 21.6. The Kier molecular flexibility index (Phi) is 10.3. The van der Waals surface area contributed by atoms with Gasteiger partial charge in [-0.05, 0) is 73.5 Å². The number of amides is 1. The van der Waals surface area contributed by atoms with Gasteiger partial charge in [-0.25, -0.2) is 13.8 Å². The first-order valence-corrected chi connectivity index (χ1v) is 14.9. The van der Waals surface area contributed by atoms with E-state index in [1.165, 1.54) is 18.4 Å². The first kappa shape index (κ1) is 28.2. The number of rotatable bonds is 16. The van der Waals surface area contributed by atoms with Crippen molar-refractivity contribution in [3.8, 4) is 5.75 Å². The molecule has 1 amide bonds. The molecule has 3 N–H and O–H groups in total. The average molecular weight is 544 g/mol. The highest BCUT2D eigenvalue weighted by atomic mass is 32.2. The Morgan fingerprint density at radius 1 is 1.08 bits per heavy atom. The van der Waals surface area contributed by atoms with Gasteiger partial charge >= 0.3 is 0 Å². The number of benzene rings is 2. The lowest BCUT2D eigenvalue weighted by Crippen LogP contribution is -2.32. The minimum absolute atomic E-state index is 0.000908. The molecule has 1 saturated carbocycles. The summed E-state index contributed by atoms with van der Waals surface area (Å²) in [4.78, 5) is 11.5. The maximum absolute atomic E-state index is 12.7. The fourth-order valence-electron chi connectivity index (χ4n) is 4.04. The van der Waals surface area contributed by atoms with Crippen LogP contribution in [0.15, 0.2) is 58.5 Å². The minimum atomic E-state index is -3.42. The van der Waals surface area contributed by atoms with Gasteiger partial charge in [0, 0.05) is 26.0 Å². The van der Waals surface area contributed by atoms with Crippen molar-refractivity contribution in [2.24, 2.45) is 11.0 Å². The van der Waals surface area contributed by atoms with Gasteiger partial charge in [-0.3, -0.25) is 4.79 Å². The third kappa shape index (κ3) is 9.20. The van der Waals surface area contributed by atoms with E-state index in [0.29, 0.717) is 38.1 Å². The van der Waals surface area contributed by atoms with Crippen molar-refractivity contribution in [2.45, 2.75) is 49.5 Å². The van der Waals surface area contributed by atoms with E-state index in [0.717, 1.165) is 36.8 Å². The van der Waals surface area contributed by atoms with Crippen LogP contribution in [0.2, 0.25) is 0 Å². The summed E-state index contributed by atoms with van der Waals surface area (Å²) in [5.74, 6) is 1.36. The number of nitrogens with one attached hydrogen (secondary N) is 2. The van der Waals surface area contributed by atoms with Crippen molar-refractivity contribution in [3.63, 3.8) is 0 Å². The number of hydrogen-bond acceptors (Lipinski definition) is 8. The number of nitrogens with zero attached hydrogens (tertiary/aromatic N) is 1. The Balaban J connectivity index is 1.09. The molecular formula is C28H37N3O6S. The van der Waals surface area contributed by atoms with E-state index in [1.807, 2.05) is 24.3 Å². The van der Waals surface area contributed by atoms with Gasteiger partial charge in [0.25, 0.3) is 0 Å². The zero-order valence-corrected chi connectivity index (χ0v) is 22.4. The molecule has 9 nitrogen and oxygen atoms in total. The molecule has 0 saturated heterocycles. The largest absolute Gasteiger partial charge is 0.491 e. The van der Waals surface area contributed by atoms with Crippen LogP contribution in [0, 0.1) is 5.92 Å². The van der Waals surface area contributed by atoms with Crippen molar-refractivity contribution in [1.82, 2.24) is 10.7 Å². The van der Waals surface area contributed by atoms with Gasteiger partial charge in [-0.2, -0.15) is 5.10 Å². The van der Waals surface area contributed by atoms with Gasteiger partial charge in [0.15, 0.2) is 9.84 Å². The Morgan fingerprint density at radius 2 is 1.84 bits per heavy atom. The molecule has 1 aliphatic heterocycles. The smallest absolute Gasteiger partial charge is 0.240 e. The van der Waals surface area contributed by atoms with Crippen LogP contribution in [0.5, 0.6) is 5.75 Å². The van der Waals surface area contributed by atoms with E-state index in [4.69, 9.17) is 9.47 Å². The topological polar surface area (TPSA) is 126 Å². The highest BCUT2D eigenvalue weighted by Gasteiger charge is 2.21. The van der Waals surface area contributed by atoms with Crippen LogP contribution in [-0.4, -0.2) is 69.9 Å². The van der Waals surface area contributed by atoms with Crippen molar-refractivity contribution in [2.75, 3.05) is 38.7 Å². The summed E-state index contributed by atoms with van der Waals surface area (Å²) in [5, 5.41) is 17.3. The van der Waals surface area contributed by atoms with Gasteiger partial charge in [0.05, 0.1) is 23.0 Å². The normalized spacial score (nSPS) is 16.6. The Bertz CT molecular complexity index is 1180. The Hall–Kier alpha value is -2.79. The van der Waals surface area contributed by atoms with E-state index in [9.17, 15) is 18.3 Å². The van der Waals surface area contributed by atoms with Gasteiger partial charge in [0.1, 0.15) is 18.5 Å². The molecule has 2 aromatic rings. The lowest BCUT2D eigenvalue weighted by Gasteiger charge is -2.14. The predicted molar refractivity (Wildman–Crippen MR) is 145 cm³/mol. The molecule has 0 spiro atoms. The number of aliphatic hydroxyl groups excluding tert-OH is 1. The number of aliphatic hydroxyl groups is 1. The molecule has 2 aliphatic rings. The Morgan fingerprint density at radius 3 is 2.53 bits per heavy atom. The molecule has 1 aliphatic carbocycles. The van der Waals surface area contributed by atoms with E-state index in [-0.39, 0.29) is 23.2 Å². The van der Waals surface area contributed by atoms with Crippen molar-refractivity contribution in [3.05, 3.63) is 59.7 Å².